The molecule has 0 saturated heterocycles. The minimum absolute atomic E-state index is 0.444. The van der Waals surface area contributed by atoms with Gasteiger partial charge in [-0.2, -0.15) is 0 Å². The fraction of sp³-hybridized carbons (Fsp3) is 0.500. The molecule has 1 aliphatic carbocycles. The van der Waals surface area contributed by atoms with Crippen LogP contribution < -0.4 is 0 Å². The molecule has 1 aliphatic rings. The highest BCUT2D eigenvalue weighted by Gasteiger charge is 2.45. The van der Waals surface area contributed by atoms with E-state index in [0.717, 1.165) is 34.3 Å². The molecule has 1 aromatic carbocycles. The number of rotatable bonds is 3. The molecule has 96 valence electrons. The molecule has 0 radical (unpaired) electrons. The summed E-state index contributed by atoms with van der Waals surface area (Å²) in [6.07, 6.45) is 1.27. The Labute approximate surface area is 117 Å². The van der Waals surface area contributed by atoms with Gasteiger partial charge in [-0.1, -0.05) is 25.4 Å². The zero-order chi connectivity index (χ0) is 12.9. The Hall–Kier alpha value is -0.730. The first-order valence-corrected chi connectivity index (χ1v) is 7.13. The van der Waals surface area contributed by atoms with E-state index in [4.69, 9.17) is 23.2 Å². The number of hydrogen-bond donors (Lipinski definition) is 0. The molecule has 2 nitrogen and oxygen atoms in total. The summed E-state index contributed by atoms with van der Waals surface area (Å²) >= 11 is 12.1. The van der Waals surface area contributed by atoms with Crippen molar-refractivity contribution in [3.63, 3.8) is 0 Å². The van der Waals surface area contributed by atoms with E-state index >= 15 is 0 Å². The molecule has 1 fully saturated rings. The van der Waals surface area contributed by atoms with E-state index in [1.54, 1.807) is 0 Å². The second-order valence-corrected chi connectivity index (χ2v) is 6.50. The van der Waals surface area contributed by atoms with Gasteiger partial charge in [0.2, 0.25) is 0 Å². The number of halogens is 2. The van der Waals surface area contributed by atoms with Gasteiger partial charge in [0.15, 0.2) is 0 Å². The minimum Gasteiger partial charge on any atom is -0.327 e. The van der Waals surface area contributed by atoms with Gasteiger partial charge in [-0.25, -0.2) is 4.98 Å². The van der Waals surface area contributed by atoms with Gasteiger partial charge in [-0.3, -0.25) is 0 Å². The number of benzene rings is 1. The Morgan fingerprint density at radius 3 is 2.78 bits per heavy atom. The summed E-state index contributed by atoms with van der Waals surface area (Å²) in [5.74, 6) is 2.10. The topological polar surface area (TPSA) is 17.8 Å². The summed E-state index contributed by atoms with van der Waals surface area (Å²) in [5.41, 5.74) is 2.54. The van der Waals surface area contributed by atoms with Crippen LogP contribution in [0.25, 0.3) is 11.0 Å². The molecule has 0 N–H and O–H groups in total. The van der Waals surface area contributed by atoms with Crippen LogP contribution in [-0.4, -0.2) is 9.55 Å². The number of aromatic nitrogens is 2. The van der Waals surface area contributed by atoms with E-state index in [0.29, 0.717) is 11.3 Å². The average Bonchev–Trinajstić information content (AvgIpc) is 2.78. The van der Waals surface area contributed by atoms with Gasteiger partial charge < -0.3 is 4.57 Å². The third-order valence-electron chi connectivity index (χ3n) is 4.03. The van der Waals surface area contributed by atoms with E-state index in [1.165, 1.54) is 6.42 Å². The fourth-order valence-electron chi connectivity index (χ4n) is 2.56. The van der Waals surface area contributed by atoms with Crippen LogP contribution in [0.15, 0.2) is 18.2 Å². The van der Waals surface area contributed by atoms with Gasteiger partial charge in [0, 0.05) is 11.6 Å². The first-order valence-electron chi connectivity index (χ1n) is 6.22. The maximum Gasteiger partial charge on any atom is 0.124 e. The SMILES string of the molecule is CC1(C)CC1Cn1c(CCl)nc2ccc(Cl)cc21. The standard InChI is InChI=1S/C14H16Cl2N2/c1-14(2)6-9(14)8-18-12-5-10(16)3-4-11(12)17-13(18)7-15/h3-5,9H,6-8H2,1-2H3. The molecule has 3 rings (SSSR count). The number of imidazole rings is 1. The molecule has 0 bridgehead atoms. The van der Waals surface area contributed by atoms with Gasteiger partial charge >= 0.3 is 0 Å². The van der Waals surface area contributed by atoms with Gasteiger partial charge in [-0.05, 0) is 36.0 Å². The lowest BCUT2D eigenvalue weighted by Crippen LogP contribution is -2.06. The predicted molar refractivity (Wildman–Crippen MR) is 76.2 cm³/mol. The lowest BCUT2D eigenvalue weighted by atomic mass is 10.1. The summed E-state index contributed by atoms with van der Waals surface area (Å²) in [7, 11) is 0. The first-order chi connectivity index (χ1) is 8.51. The Kier molecular flexibility index (Phi) is 2.83. The molecule has 2 aromatic rings. The van der Waals surface area contributed by atoms with Gasteiger partial charge in [0.25, 0.3) is 0 Å². The Bertz CT molecular complexity index is 601. The normalized spacial score (nSPS) is 21.4. The Morgan fingerprint density at radius 1 is 1.44 bits per heavy atom. The zero-order valence-electron chi connectivity index (χ0n) is 10.6. The number of fused-ring (bicyclic) bond motifs is 1. The van der Waals surface area contributed by atoms with E-state index in [2.05, 4.69) is 23.4 Å². The van der Waals surface area contributed by atoms with E-state index in [1.807, 2.05) is 18.2 Å². The van der Waals surface area contributed by atoms with Gasteiger partial charge in [0.05, 0.1) is 16.9 Å². The van der Waals surface area contributed by atoms with E-state index < -0.39 is 0 Å². The lowest BCUT2D eigenvalue weighted by Gasteiger charge is -2.09. The molecular weight excluding hydrogens is 267 g/mol. The molecule has 0 aliphatic heterocycles. The smallest absolute Gasteiger partial charge is 0.124 e. The monoisotopic (exact) mass is 282 g/mol. The molecule has 1 saturated carbocycles. The quantitative estimate of drug-likeness (QED) is 0.760. The predicted octanol–water partition coefficient (Wildman–Crippen LogP) is 4.47. The molecule has 4 heteroatoms. The second-order valence-electron chi connectivity index (χ2n) is 5.79. The number of alkyl halides is 1. The minimum atomic E-state index is 0.444. The molecule has 0 spiro atoms. The van der Waals surface area contributed by atoms with Crippen molar-refractivity contribution in [2.45, 2.75) is 32.7 Å². The summed E-state index contributed by atoms with van der Waals surface area (Å²) in [6, 6.07) is 5.82. The van der Waals surface area contributed by atoms with Crippen LogP contribution in [0, 0.1) is 11.3 Å². The van der Waals surface area contributed by atoms with Crippen LogP contribution in [0.4, 0.5) is 0 Å². The molecule has 1 unspecified atom stereocenters. The summed E-state index contributed by atoms with van der Waals surface area (Å²) in [6.45, 7) is 5.61. The second kappa shape index (κ2) is 4.14. The van der Waals surface area contributed by atoms with Crippen molar-refractivity contribution in [2.75, 3.05) is 0 Å². The highest BCUT2D eigenvalue weighted by atomic mass is 35.5. The van der Waals surface area contributed by atoms with Crippen LogP contribution in [0.5, 0.6) is 0 Å². The Morgan fingerprint density at radius 2 is 2.17 bits per heavy atom. The fourth-order valence-corrected chi connectivity index (χ4v) is 2.93. The van der Waals surface area contributed by atoms with E-state index in [-0.39, 0.29) is 0 Å². The number of hydrogen-bond acceptors (Lipinski definition) is 1. The zero-order valence-corrected chi connectivity index (χ0v) is 12.1. The third kappa shape index (κ3) is 2.02. The Balaban J connectivity index is 2.05. The van der Waals surface area contributed by atoms with Crippen LogP contribution in [0.1, 0.15) is 26.1 Å². The van der Waals surface area contributed by atoms with Crippen molar-refractivity contribution >= 4 is 34.2 Å². The first kappa shape index (κ1) is 12.3. The van der Waals surface area contributed by atoms with Crippen molar-refractivity contribution in [3.05, 3.63) is 29.0 Å². The highest BCUT2D eigenvalue weighted by Crippen LogP contribution is 2.52. The van der Waals surface area contributed by atoms with Crippen LogP contribution in [0.3, 0.4) is 0 Å². The van der Waals surface area contributed by atoms with Crippen LogP contribution in [0.2, 0.25) is 5.02 Å². The summed E-state index contributed by atoms with van der Waals surface area (Å²) in [4.78, 5) is 4.57. The third-order valence-corrected chi connectivity index (χ3v) is 4.50. The van der Waals surface area contributed by atoms with Gasteiger partial charge in [-0.15, -0.1) is 11.6 Å². The summed E-state index contributed by atoms with van der Waals surface area (Å²) < 4.78 is 2.23. The van der Waals surface area contributed by atoms with E-state index in [9.17, 15) is 0 Å². The highest BCUT2D eigenvalue weighted by molar-refractivity contribution is 6.31. The summed E-state index contributed by atoms with van der Waals surface area (Å²) in [5, 5.41) is 0.750. The van der Waals surface area contributed by atoms with Crippen molar-refractivity contribution in [3.8, 4) is 0 Å². The maximum atomic E-state index is 6.08. The van der Waals surface area contributed by atoms with Crippen molar-refractivity contribution in [1.82, 2.24) is 9.55 Å². The van der Waals surface area contributed by atoms with Crippen molar-refractivity contribution in [2.24, 2.45) is 11.3 Å². The molecule has 1 atom stereocenters. The van der Waals surface area contributed by atoms with Crippen LogP contribution in [-0.2, 0) is 12.4 Å². The molecule has 1 aromatic heterocycles. The van der Waals surface area contributed by atoms with Crippen molar-refractivity contribution < 1.29 is 0 Å². The molecule has 1 heterocycles. The van der Waals surface area contributed by atoms with Crippen molar-refractivity contribution in [1.29, 1.82) is 0 Å². The van der Waals surface area contributed by atoms with Crippen LogP contribution >= 0.6 is 23.2 Å². The average molecular weight is 283 g/mol. The molecule has 18 heavy (non-hydrogen) atoms. The molecule has 0 amide bonds. The van der Waals surface area contributed by atoms with Gasteiger partial charge in [0.1, 0.15) is 5.82 Å². The molecular formula is C14H16Cl2N2. The number of nitrogens with zero attached hydrogens (tertiary/aromatic N) is 2. The maximum absolute atomic E-state index is 6.08. The largest absolute Gasteiger partial charge is 0.327 e. The lowest BCUT2D eigenvalue weighted by molar-refractivity contribution is 0.498.